The highest BCUT2D eigenvalue weighted by Gasteiger charge is 2.82. The van der Waals surface area contributed by atoms with Gasteiger partial charge in [0.2, 0.25) is 0 Å². The molecule has 3 aliphatic rings. The summed E-state index contributed by atoms with van der Waals surface area (Å²) in [6.45, 7) is 1.30. The lowest BCUT2D eigenvalue weighted by molar-refractivity contribution is -0.228. The highest BCUT2D eigenvalue weighted by Crippen LogP contribution is 2.61. The zero-order valence-corrected chi connectivity index (χ0v) is 10.7. The quantitative estimate of drug-likeness (QED) is 0.698. The third-order valence-electron chi connectivity index (χ3n) is 4.23. The average molecular weight is 305 g/mol. The normalized spacial score (nSPS) is 41.6. The van der Waals surface area contributed by atoms with E-state index in [0.717, 1.165) is 0 Å². The summed E-state index contributed by atoms with van der Waals surface area (Å²) >= 11 is 0. The number of esters is 2. The first-order valence-electron chi connectivity index (χ1n) is 6.26. The van der Waals surface area contributed by atoms with Crippen LogP contribution in [0.4, 0.5) is 13.2 Å². The molecule has 0 aromatic carbocycles. The van der Waals surface area contributed by atoms with E-state index in [9.17, 15) is 22.8 Å². The van der Waals surface area contributed by atoms with Crippen molar-refractivity contribution in [3.05, 3.63) is 0 Å². The van der Waals surface area contributed by atoms with Crippen LogP contribution in [-0.4, -0.2) is 42.5 Å². The van der Waals surface area contributed by atoms with E-state index in [1.807, 2.05) is 0 Å². The van der Waals surface area contributed by atoms with Gasteiger partial charge in [-0.1, -0.05) is 0 Å². The van der Waals surface area contributed by atoms with Crippen molar-refractivity contribution >= 4 is 11.9 Å². The summed E-state index contributed by atoms with van der Waals surface area (Å²) in [6, 6.07) is 1.66. The molecule has 3 heterocycles. The van der Waals surface area contributed by atoms with Crippen LogP contribution in [0.15, 0.2) is 0 Å². The molecular weight excluding hydrogens is 295 g/mol. The lowest BCUT2D eigenvalue weighted by Gasteiger charge is -2.30. The smallest absolute Gasteiger partial charge is 0.407 e. The van der Waals surface area contributed by atoms with Gasteiger partial charge in [0, 0.05) is 6.42 Å². The second kappa shape index (κ2) is 4.10. The fourth-order valence-corrected chi connectivity index (χ4v) is 3.10. The summed E-state index contributed by atoms with van der Waals surface area (Å²) in [5, 5.41) is 8.62. The Morgan fingerprint density at radius 1 is 1.57 bits per heavy atom. The van der Waals surface area contributed by atoms with Crippen molar-refractivity contribution in [1.82, 2.24) is 0 Å². The fourth-order valence-electron chi connectivity index (χ4n) is 3.10. The maximum absolute atomic E-state index is 13.2. The monoisotopic (exact) mass is 305 g/mol. The van der Waals surface area contributed by atoms with Crippen molar-refractivity contribution in [2.75, 3.05) is 0 Å². The molecule has 0 aliphatic carbocycles. The number of nitriles is 1. The van der Waals surface area contributed by atoms with Crippen molar-refractivity contribution in [3.63, 3.8) is 0 Å². The van der Waals surface area contributed by atoms with Gasteiger partial charge in [0.05, 0.1) is 6.07 Å². The van der Waals surface area contributed by atoms with Crippen LogP contribution in [-0.2, 0) is 23.8 Å². The van der Waals surface area contributed by atoms with Crippen molar-refractivity contribution in [2.45, 2.75) is 43.9 Å². The molecule has 21 heavy (non-hydrogen) atoms. The van der Waals surface area contributed by atoms with Gasteiger partial charge in [0.25, 0.3) is 0 Å². The van der Waals surface area contributed by atoms with Crippen LogP contribution < -0.4 is 0 Å². The Hall–Kier alpha value is -1.82. The molecule has 0 saturated carbocycles. The van der Waals surface area contributed by atoms with Gasteiger partial charge in [0.1, 0.15) is 18.1 Å². The van der Waals surface area contributed by atoms with Crippen molar-refractivity contribution < 1.29 is 37.0 Å². The molecule has 3 rings (SSSR count). The number of nitrogens with zero attached hydrogens (tertiary/aromatic N) is 1. The van der Waals surface area contributed by atoms with Crippen LogP contribution in [0.2, 0.25) is 0 Å². The molecule has 3 fully saturated rings. The number of fused-ring (bicyclic) bond motifs is 1. The van der Waals surface area contributed by atoms with E-state index >= 15 is 0 Å². The Bertz CT molecular complexity index is 556. The van der Waals surface area contributed by atoms with Crippen LogP contribution in [0.25, 0.3) is 0 Å². The number of hydrogen-bond donors (Lipinski definition) is 0. The number of alkyl halides is 3. The second-order valence-corrected chi connectivity index (χ2v) is 5.39. The van der Waals surface area contributed by atoms with E-state index < -0.39 is 60.3 Å². The molecule has 0 amide bonds. The average Bonchev–Trinajstić information content (AvgIpc) is 2.99. The molecule has 0 spiro atoms. The lowest BCUT2D eigenvalue weighted by atomic mass is 9.73. The summed E-state index contributed by atoms with van der Waals surface area (Å²) in [6.07, 6.45) is -10.3. The molecule has 6 unspecified atom stereocenters. The Morgan fingerprint density at radius 2 is 2.24 bits per heavy atom. The lowest BCUT2D eigenvalue weighted by Crippen LogP contribution is -2.52. The zero-order chi connectivity index (χ0) is 15.6. The fraction of sp³-hybridized carbons (Fsp3) is 0.750. The number of halogens is 3. The first-order chi connectivity index (χ1) is 9.72. The van der Waals surface area contributed by atoms with Gasteiger partial charge >= 0.3 is 18.1 Å². The standard InChI is InChI=1S/C12H10F3NO5/c1-4(3-16)9(17)20-6-5-2-11(12(13,14)15)8(19-5)7(6)21-10(11)18/h4-8H,2H2,1H3. The molecule has 9 heteroatoms. The highest BCUT2D eigenvalue weighted by molar-refractivity contribution is 5.83. The molecule has 6 nitrogen and oxygen atoms in total. The largest absolute Gasteiger partial charge is 0.455 e. The Balaban J connectivity index is 1.84. The van der Waals surface area contributed by atoms with E-state index in [1.165, 1.54) is 6.92 Å². The maximum Gasteiger partial charge on any atom is 0.407 e. The van der Waals surface area contributed by atoms with E-state index in [4.69, 9.17) is 19.5 Å². The Labute approximate surface area is 116 Å². The molecule has 0 aromatic rings. The summed E-state index contributed by atoms with van der Waals surface area (Å²) in [7, 11) is 0. The van der Waals surface area contributed by atoms with E-state index in [1.54, 1.807) is 6.07 Å². The number of carbonyl (C=O) groups excluding carboxylic acids is 2. The third kappa shape index (κ3) is 1.62. The molecule has 2 bridgehead atoms. The summed E-state index contributed by atoms with van der Waals surface area (Å²) < 4.78 is 54.5. The molecule has 6 atom stereocenters. The van der Waals surface area contributed by atoms with E-state index in [-0.39, 0.29) is 0 Å². The molecule has 114 valence electrons. The van der Waals surface area contributed by atoms with Gasteiger partial charge < -0.3 is 14.2 Å². The molecule has 3 saturated heterocycles. The SMILES string of the molecule is CC(C#N)C(=O)OC1C2CC3(C(F)(F)F)C(=O)OC1C3O2. The zero-order valence-electron chi connectivity index (χ0n) is 10.7. The van der Waals surface area contributed by atoms with E-state index in [0.29, 0.717) is 0 Å². The maximum atomic E-state index is 13.2. The van der Waals surface area contributed by atoms with Crippen LogP contribution in [0.3, 0.4) is 0 Å². The summed E-state index contributed by atoms with van der Waals surface area (Å²) in [5.74, 6) is -3.33. The molecule has 3 aliphatic heterocycles. The minimum atomic E-state index is -4.78. The van der Waals surface area contributed by atoms with Crippen molar-refractivity contribution in [1.29, 1.82) is 5.26 Å². The Kier molecular flexibility index (Phi) is 2.76. The highest BCUT2D eigenvalue weighted by atomic mass is 19.4. The topological polar surface area (TPSA) is 85.6 Å². The van der Waals surface area contributed by atoms with Gasteiger partial charge in [-0.2, -0.15) is 18.4 Å². The predicted molar refractivity (Wildman–Crippen MR) is 56.3 cm³/mol. The van der Waals surface area contributed by atoms with Crippen molar-refractivity contribution in [2.24, 2.45) is 11.3 Å². The van der Waals surface area contributed by atoms with Gasteiger partial charge in [-0.25, -0.2) is 0 Å². The third-order valence-corrected chi connectivity index (χ3v) is 4.23. The number of hydrogen-bond acceptors (Lipinski definition) is 6. The number of rotatable bonds is 2. The molecule has 0 N–H and O–H groups in total. The van der Waals surface area contributed by atoms with Crippen LogP contribution in [0.1, 0.15) is 13.3 Å². The van der Waals surface area contributed by atoms with Crippen molar-refractivity contribution in [3.8, 4) is 6.07 Å². The van der Waals surface area contributed by atoms with Gasteiger partial charge in [-0.15, -0.1) is 0 Å². The number of carbonyl (C=O) groups is 2. The minimum absolute atomic E-state index is 0.630. The molecule has 0 radical (unpaired) electrons. The van der Waals surface area contributed by atoms with Gasteiger partial charge in [-0.05, 0) is 6.92 Å². The molecular formula is C12H10F3NO5. The molecule has 0 aromatic heterocycles. The first-order valence-corrected chi connectivity index (χ1v) is 6.26. The first kappa shape index (κ1) is 14.1. The predicted octanol–water partition coefficient (Wildman–Crippen LogP) is 0.703. The second-order valence-electron chi connectivity index (χ2n) is 5.39. The summed E-state index contributed by atoms with van der Waals surface area (Å²) in [5.41, 5.74) is -2.66. The van der Waals surface area contributed by atoms with Gasteiger partial charge in [-0.3, -0.25) is 9.59 Å². The number of ether oxygens (including phenoxy) is 3. The Morgan fingerprint density at radius 3 is 2.81 bits per heavy atom. The van der Waals surface area contributed by atoms with E-state index in [2.05, 4.69) is 0 Å². The van der Waals surface area contributed by atoms with Crippen LogP contribution >= 0.6 is 0 Å². The van der Waals surface area contributed by atoms with Crippen LogP contribution in [0.5, 0.6) is 0 Å². The van der Waals surface area contributed by atoms with Gasteiger partial charge in [0.15, 0.2) is 17.6 Å². The van der Waals surface area contributed by atoms with Crippen LogP contribution in [0, 0.1) is 22.7 Å². The minimum Gasteiger partial charge on any atom is -0.455 e. The summed E-state index contributed by atoms with van der Waals surface area (Å²) in [4.78, 5) is 23.2.